The summed E-state index contributed by atoms with van der Waals surface area (Å²) in [6.45, 7) is 0.345. The Balaban J connectivity index is 2.61. The van der Waals surface area contributed by atoms with Gasteiger partial charge in [0.15, 0.2) is 0 Å². The molecule has 1 rings (SSSR count). The molecule has 2 atom stereocenters. The fourth-order valence-electron chi connectivity index (χ4n) is 1.50. The van der Waals surface area contributed by atoms with E-state index >= 15 is 0 Å². The van der Waals surface area contributed by atoms with Crippen molar-refractivity contribution >= 4 is 0 Å². The number of hydrogen-bond donors (Lipinski definition) is 1. The quantitative estimate of drug-likeness (QED) is 0.451. The van der Waals surface area contributed by atoms with Gasteiger partial charge in [-0.05, 0) is 17.5 Å². The second-order valence-electron chi connectivity index (χ2n) is 3.58. The molecule has 0 saturated heterocycles. The van der Waals surface area contributed by atoms with Crippen LogP contribution in [-0.4, -0.2) is 25.8 Å². The highest BCUT2D eigenvalue weighted by molar-refractivity contribution is 5.16. The van der Waals surface area contributed by atoms with Gasteiger partial charge in [0.2, 0.25) is 0 Å². The first-order valence-corrected chi connectivity index (χ1v) is 5.10. The molecule has 2 N–H and O–H groups in total. The van der Waals surface area contributed by atoms with E-state index in [1.165, 1.54) is 0 Å². The van der Waals surface area contributed by atoms with E-state index in [1.807, 2.05) is 30.3 Å². The van der Waals surface area contributed by atoms with Gasteiger partial charge in [0.1, 0.15) is 0 Å². The van der Waals surface area contributed by atoms with E-state index in [4.69, 9.17) is 16.0 Å². The van der Waals surface area contributed by atoms with Crippen LogP contribution >= 0.6 is 0 Å². The zero-order chi connectivity index (χ0) is 11.8. The van der Waals surface area contributed by atoms with Gasteiger partial charge in [-0.3, -0.25) is 0 Å². The van der Waals surface area contributed by atoms with Crippen molar-refractivity contribution in [2.24, 2.45) is 10.8 Å². The highest BCUT2D eigenvalue weighted by Crippen LogP contribution is 2.07. The first-order chi connectivity index (χ1) is 7.77. The lowest BCUT2D eigenvalue weighted by Crippen LogP contribution is -2.38. The molecule has 0 radical (unpaired) electrons. The maximum Gasteiger partial charge on any atom is 0.0761 e. The fraction of sp³-hybridized carbons (Fsp3) is 0.455. The van der Waals surface area contributed by atoms with Crippen LogP contribution in [0, 0.1) is 0 Å². The monoisotopic (exact) mass is 220 g/mol. The normalized spacial score (nSPS) is 13.9. The Labute approximate surface area is 94.8 Å². The second-order valence-corrected chi connectivity index (χ2v) is 3.58. The summed E-state index contributed by atoms with van der Waals surface area (Å²) < 4.78 is 4.97. The summed E-state index contributed by atoms with van der Waals surface area (Å²) in [5.74, 6) is 0. The lowest BCUT2D eigenvalue weighted by atomic mass is 10.0. The molecular weight excluding hydrogens is 204 g/mol. The van der Waals surface area contributed by atoms with Crippen molar-refractivity contribution in [3.63, 3.8) is 0 Å². The fourth-order valence-corrected chi connectivity index (χ4v) is 1.50. The van der Waals surface area contributed by atoms with Crippen molar-refractivity contribution in [2.75, 3.05) is 13.7 Å². The lowest BCUT2D eigenvalue weighted by molar-refractivity contribution is 0.170. The van der Waals surface area contributed by atoms with Gasteiger partial charge in [0, 0.05) is 18.1 Å². The zero-order valence-electron chi connectivity index (χ0n) is 9.28. The number of azide groups is 1. The SMILES string of the molecule is COC[C@H](N=[N+]=[N-])C(N)Cc1ccccc1. The number of ether oxygens (including phenoxy) is 1. The van der Waals surface area contributed by atoms with Crippen LogP contribution in [0.2, 0.25) is 0 Å². The molecule has 0 fully saturated rings. The van der Waals surface area contributed by atoms with E-state index in [9.17, 15) is 0 Å². The summed E-state index contributed by atoms with van der Waals surface area (Å²) in [6, 6.07) is 9.32. The first-order valence-electron chi connectivity index (χ1n) is 5.10. The van der Waals surface area contributed by atoms with Gasteiger partial charge in [-0.25, -0.2) is 0 Å². The highest BCUT2D eigenvalue weighted by Gasteiger charge is 2.16. The maximum absolute atomic E-state index is 8.43. The van der Waals surface area contributed by atoms with Gasteiger partial charge < -0.3 is 10.5 Å². The third-order valence-electron chi connectivity index (χ3n) is 2.35. The topological polar surface area (TPSA) is 84.0 Å². The van der Waals surface area contributed by atoms with Gasteiger partial charge in [0.05, 0.1) is 12.6 Å². The molecule has 0 bridgehead atoms. The minimum atomic E-state index is -0.324. The van der Waals surface area contributed by atoms with Crippen LogP contribution in [0.3, 0.4) is 0 Å². The Hall–Kier alpha value is -1.55. The van der Waals surface area contributed by atoms with E-state index in [0.29, 0.717) is 13.0 Å². The van der Waals surface area contributed by atoms with Gasteiger partial charge in [-0.1, -0.05) is 35.4 Å². The van der Waals surface area contributed by atoms with Crippen molar-refractivity contribution < 1.29 is 4.74 Å². The van der Waals surface area contributed by atoms with E-state index in [0.717, 1.165) is 5.56 Å². The minimum absolute atomic E-state index is 0.224. The van der Waals surface area contributed by atoms with E-state index in [-0.39, 0.29) is 12.1 Å². The summed E-state index contributed by atoms with van der Waals surface area (Å²) in [4.78, 5) is 2.78. The molecule has 5 nitrogen and oxygen atoms in total. The maximum atomic E-state index is 8.43. The van der Waals surface area contributed by atoms with Crippen LogP contribution in [0.1, 0.15) is 5.56 Å². The standard InChI is InChI=1S/C11H16N4O/c1-16-8-11(14-15-13)10(12)7-9-5-3-2-4-6-9/h2-6,10-11H,7-8,12H2,1H3/t10?,11-/m0/s1. The average molecular weight is 220 g/mol. The van der Waals surface area contributed by atoms with Gasteiger partial charge in [0.25, 0.3) is 0 Å². The molecule has 5 heteroatoms. The lowest BCUT2D eigenvalue weighted by Gasteiger charge is -2.18. The predicted molar refractivity (Wildman–Crippen MR) is 62.9 cm³/mol. The molecule has 16 heavy (non-hydrogen) atoms. The summed E-state index contributed by atoms with van der Waals surface area (Å²) in [6.07, 6.45) is 0.674. The van der Waals surface area contributed by atoms with E-state index < -0.39 is 0 Å². The molecule has 0 aliphatic heterocycles. The Kier molecular flexibility index (Phi) is 5.36. The summed E-state index contributed by atoms with van der Waals surface area (Å²) >= 11 is 0. The van der Waals surface area contributed by atoms with Crippen LogP contribution < -0.4 is 5.73 Å². The van der Waals surface area contributed by atoms with Crippen molar-refractivity contribution in [1.29, 1.82) is 0 Å². The number of methoxy groups -OCH3 is 1. The van der Waals surface area contributed by atoms with Crippen LogP contribution in [0.5, 0.6) is 0 Å². The second kappa shape index (κ2) is 6.85. The number of benzene rings is 1. The molecule has 86 valence electrons. The summed E-state index contributed by atoms with van der Waals surface area (Å²) in [5, 5.41) is 3.64. The van der Waals surface area contributed by atoms with Gasteiger partial charge in [-0.2, -0.15) is 0 Å². The molecule has 1 aromatic rings. The van der Waals surface area contributed by atoms with Gasteiger partial charge in [-0.15, -0.1) is 0 Å². The van der Waals surface area contributed by atoms with E-state index in [2.05, 4.69) is 10.0 Å². The molecule has 1 unspecified atom stereocenters. The van der Waals surface area contributed by atoms with E-state index in [1.54, 1.807) is 7.11 Å². The highest BCUT2D eigenvalue weighted by atomic mass is 16.5. The third kappa shape index (κ3) is 3.90. The molecule has 1 aromatic carbocycles. The predicted octanol–water partition coefficient (Wildman–Crippen LogP) is 1.88. The Bertz CT molecular complexity index is 348. The van der Waals surface area contributed by atoms with Crippen molar-refractivity contribution in [3.8, 4) is 0 Å². The molecule has 0 aromatic heterocycles. The third-order valence-corrected chi connectivity index (χ3v) is 2.35. The molecule has 0 spiro atoms. The van der Waals surface area contributed by atoms with Crippen LogP contribution in [0.4, 0.5) is 0 Å². The Morgan fingerprint density at radius 3 is 2.69 bits per heavy atom. The number of rotatable bonds is 6. The minimum Gasteiger partial charge on any atom is -0.384 e. The largest absolute Gasteiger partial charge is 0.384 e. The van der Waals surface area contributed by atoms with Gasteiger partial charge >= 0.3 is 0 Å². The van der Waals surface area contributed by atoms with Crippen molar-refractivity contribution in [2.45, 2.75) is 18.5 Å². The molecule has 0 aliphatic rings. The number of nitrogens with zero attached hydrogens (tertiary/aromatic N) is 3. The molecule has 0 heterocycles. The summed E-state index contributed by atoms with van der Waals surface area (Å²) in [5.41, 5.74) is 15.5. The zero-order valence-corrected chi connectivity index (χ0v) is 9.28. The van der Waals surface area contributed by atoms with Crippen molar-refractivity contribution in [1.82, 2.24) is 0 Å². The number of nitrogens with two attached hydrogens (primary N) is 1. The van der Waals surface area contributed by atoms with Crippen LogP contribution in [0.25, 0.3) is 10.4 Å². The first kappa shape index (κ1) is 12.5. The molecular formula is C11H16N4O. The smallest absolute Gasteiger partial charge is 0.0761 e. The van der Waals surface area contributed by atoms with Crippen LogP contribution in [-0.2, 0) is 11.2 Å². The van der Waals surface area contributed by atoms with Crippen molar-refractivity contribution in [3.05, 3.63) is 46.3 Å². The Morgan fingerprint density at radius 2 is 2.12 bits per heavy atom. The summed E-state index contributed by atoms with van der Waals surface area (Å²) in [7, 11) is 1.56. The average Bonchev–Trinajstić information content (AvgIpc) is 2.30. The number of hydrogen-bond acceptors (Lipinski definition) is 3. The molecule has 0 aliphatic carbocycles. The Morgan fingerprint density at radius 1 is 1.44 bits per heavy atom. The molecule has 0 saturated carbocycles. The van der Waals surface area contributed by atoms with Crippen LogP contribution in [0.15, 0.2) is 35.4 Å². The molecule has 0 amide bonds.